The molecule has 3 nitrogen and oxygen atoms in total. The van der Waals surface area contributed by atoms with Crippen LogP contribution in [0.3, 0.4) is 0 Å². The third-order valence-corrected chi connectivity index (χ3v) is 4.63. The first-order valence-corrected chi connectivity index (χ1v) is 7.47. The molecule has 1 aromatic rings. The van der Waals surface area contributed by atoms with Gasteiger partial charge >= 0.3 is 0 Å². The number of carbonyl (C=O) groups excluding carboxylic acids is 1. The summed E-state index contributed by atoms with van der Waals surface area (Å²) in [5.41, 5.74) is 0.347. The maximum absolute atomic E-state index is 13.4. The van der Waals surface area contributed by atoms with Crippen LogP contribution in [-0.4, -0.2) is 37.0 Å². The third kappa shape index (κ3) is 2.81. The lowest BCUT2D eigenvalue weighted by Crippen LogP contribution is -2.32. The van der Waals surface area contributed by atoms with Gasteiger partial charge in [0.2, 0.25) is 0 Å². The van der Waals surface area contributed by atoms with Crippen molar-refractivity contribution in [3.8, 4) is 0 Å². The van der Waals surface area contributed by atoms with E-state index in [-0.39, 0.29) is 10.9 Å². The fraction of sp³-hybridized carbons (Fsp3) is 0.533. The minimum absolute atomic E-state index is 0.112. The molecule has 3 rings (SSSR count). The molecule has 2 aliphatic rings. The summed E-state index contributed by atoms with van der Waals surface area (Å²) < 4.78 is 13.4. The topological polar surface area (TPSA) is 32.3 Å². The molecule has 2 saturated heterocycles. The molecule has 0 radical (unpaired) electrons. The van der Waals surface area contributed by atoms with E-state index < -0.39 is 5.82 Å². The molecule has 2 aliphatic heterocycles. The molecule has 1 N–H and O–H groups in total. The van der Waals surface area contributed by atoms with E-state index in [9.17, 15) is 9.18 Å². The van der Waals surface area contributed by atoms with Crippen LogP contribution in [0.25, 0.3) is 0 Å². The second-order valence-electron chi connectivity index (χ2n) is 5.71. The van der Waals surface area contributed by atoms with E-state index in [2.05, 4.69) is 5.32 Å². The maximum Gasteiger partial charge on any atom is 0.254 e. The van der Waals surface area contributed by atoms with E-state index in [0.29, 0.717) is 17.4 Å². The number of halogens is 2. The fourth-order valence-electron chi connectivity index (χ4n) is 3.28. The monoisotopic (exact) mass is 296 g/mol. The number of hydrogen-bond donors (Lipinski definition) is 1. The van der Waals surface area contributed by atoms with E-state index in [0.717, 1.165) is 39.0 Å². The van der Waals surface area contributed by atoms with Crippen molar-refractivity contribution >= 4 is 17.5 Å². The molecule has 2 heterocycles. The second-order valence-corrected chi connectivity index (χ2v) is 6.14. The second kappa shape index (κ2) is 5.70. The normalized spacial score (nSPS) is 26.2. The SMILES string of the molecule is O=C(c1cc(F)cc(Cl)c1)N1CC[C@@H]2CNC[C@@H]2CC1. The fourth-order valence-corrected chi connectivity index (χ4v) is 3.50. The predicted molar refractivity (Wildman–Crippen MR) is 76.4 cm³/mol. The van der Waals surface area contributed by atoms with Crippen molar-refractivity contribution in [2.24, 2.45) is 11.8 Å². The smallest absolute Gasteiger partial charge is 0.254 e. The predicted octanol–water partition coefficient (Wildman–Crippen LogP) is 2.55. The first-order chi connectivity index (χ1) is 9.63. The lowest BCUT2D eigenvalue weighted by atomic mass is 9.92. The lowest BCUT2D eigenvalue weighted by Gasteiger charge is -2.21. The van der Waals surface area contributed by atoms with Gasteiger partial charge in [-0.05, 0) is 56.0 Å². The van der Waals surface area contributed by atoms with Crippen molar-refractivity contribution in [3.63, 3.8) is 0 Å². The summed E-state index contributed by atoms with van der Waals surface area (Å²) in [6, 6.07) is 4.03. The standard InChI is InChI=1S/C15H18ClFN2O/c16-13-5-12(6-14(17)7-13)15(20)19-3-1-10-8-18-9-11(10)2-4-19/h5-7,10-11,18H,1-4,8-9H2/t10-,11+. The van der Waals surface area contributed by atoms with Gasteiger partial charge in [0, 0.05) is 23.7 Å². The Morgan fingerprint density at radius 2 is 1.85 bits per heavy atom. The number of carbonyl (C=O) groups is 1. The highest BCUT2D eigenvalue weighted by Crippen LogP contribution is 2.28. The van der Waals surface area contributed by atoms with E-state index in [1.54, 1.807) is 6.07 Å². The highest BCUT2D eigenvalue weighted by Gasteiger charge is 2.31. The molecule has 20 heavy (non-hydrogen) atoms. The summed E-state index contributed by atoms with van der Waals surface area (Å²) in [6.07, 6.45) is 2.04. The zero-order valence-corrected chi connectivity index (χ0v) is 12.0. The van der Waals surface area contributed by atoms with Crippen LogP contribution in [0.4, 0.5) is 4.39 Å². The molecule has 0 unspecified atom stereocenters. The molecule has 1 aromatic carbocycles. The minimum atomic E-state index is -0.461. The molecule has 108 valence electrons. The van der Waals surface area contributed by atoms with Crippen LogP contribution >= 0.6 is 11.6 Å². The summed E-state index contributed by atoms with van der Waals surface area (Å²) in [7, 11) is 0. The maximum atomic E-state index is 13.4. The number of nitrogens with zero attached hydrogens (tertiary/aromatic N) is 1. The van der Waals surface area contributed by atoms with Crippen LogP contribution in [-0.2, 0) is 0 Å². The molecule has 0 aromatic heterocycles. The van der Waals surface area contributed by atoms with Gasteiger partial charge in [-0.2, -0.15) is 0 Å². The quantitative estimate of drug-likeness (QED) is 0.864. The lowest BCUT2D eigenvalue weighted by molar-refractivity contribution is 0.0758. The van der Waals surface area contributed by atoms with Crippen LogP contribution in [0.5, 0.6) is 0 Å². The summed E-state index contributed by atoms with van der Waals surface area (Å²) in [4.78, 5) is 14.3. The average molecular weight is 297 g/mol. The number of likely N-dealkylation sites (tertiary alicyclic amines) is 1. The van der Waals surface area contributed by atoms with E-state index in [1.807, 2.05) is 4.90 Å². The molecular weight excluding hydrogens is 279 g/mol. The van der Waals surface area contributed by atoms with Crippen LogP contribution < -0.4 is 5.32 Å². The van der Waals surface area contributed by atoms with Gasteiger partial charge in [-0.15, -0.1) is 0 Å². The van der Waals surface area contributed by atoms with Gasteiger partial charge in [-0.3, -0.25) is 4.79 Å². The van der Waals surface area contributed by atoms with Crippen LogP contribution in [0.15, 0.2) is 18.2 Å². The van der Waals surface area contributed by atoms with Gasteiger partial charge in [-0.1, -0.05) is 11.6 Å². The Hall–Kier alpha value is -1.13. The molecule has 0 saturated carbocycles. The highest BCUT2D eigenvalue weighted by atomic mass is 35.5. The van der Waals surface area contributed by atoms with Gasteiger partial charge in [0.25, 0.3) is 5.91 Å². The van der Waals surface area contributed by atoms with Gasteiger partial charge in [0.1, 0.15) is 5.82 Å². The minimum Gasteiger partial charge on any atom is -0.339 e. The van der Waals surface area contributed by atoms with Crippen molar-refractivity contribution in [2.45, 2.75) is 12.8 Å². The molecule has 0 aliphatic carbocycles. The van der Waals surface area contributed by atoms with Crippen LogP contribution in [0, 0.1) is 17.7 Å². The van der Waals surface area contributed by atoms with Crippen molar-refractivity contribution < 1.29 is 9.18 Å². The Balaban J connectivity index is 1.73. The van der Waals surface area contributed by atoms with Gasteiger partial charge in [-0.25, -0.2) is 4.39 Å². The summed E-state index contributed by atoms with van der Waals surface area (Å²) >= 11 is 5.82. The number of fused-ring (bicyclic) bond motifs is 1. The Morgan fingerprint density at radius 3 is 2.45 bits per heavy atom. The number of amides is 1. The van der Waals surface area contributed by atoms with Crippen LogP contribution in [0.1, 0.15) is 23.2 Å². The Kier molecular flexibility index (Phi) is 3.94. The largest absolute Gasteiger partial charge is 0.339 e. The molecule has 1 amide bonds. The highest BCUT2D eigenvalue weighted by molar-refractivity contribution is 6.31. The summed E-state index contributed by atoms with van der Waals surface area (Å²) in [6.45, 7) is 3.60. The zero-order chi connectivity index (χ0) is 14.1. The molecule has 2 fully saturated rings. The zero-order valence-electron chi connectivity index (χ0n) is 11.2. The molecule has 2 atom stereocenters. The van der Waals surface area contributed by atoms with Crippen molar-refractivity contribution in [1.82, 2.24) is 10.2 Å². The van der Waals surface area contributed by atoms with Gasteiger partial charge in [0.15, 0.2) is 0 Å². The van der Waals surface area contributed by atoms with Crippen molar-refractivity contribution in [2.75, 3.05) is 26.2 Å². The number of rotatable bonds is 1. The Labute approximate surface area is 123 Å². The molecule has 5 heteroatoms. The Morgan fingerprint density at radius 1 is 1.20 bits per heavy atom. The van der Waals surface area contributed by atoms with Gasteiger partial charge in [0.05, 0.1) is 0 Å². The molecule has 0 bridgehead atoms. The third-order valence-electron chi connectivity index (χ3n) is 4.42. The Bertz CT molecular complexity index is 488. The number of nitrogens with one attached hydrogen (secondary N) is 1. The number of hydrogen-bond acceptors (Lipinski definition) is 2. The summed E-state index contributed by atoms with van der Waals surface area (Å²) in [5.74, 6) is 0.767. The van der Waals surface area contributed by atoms with Crippen molar-refractivity contribution in [3.05, 3.63) is 34.6 Å². The van der Waals surface area contributed by atoms with E-state index in [1.165, 1.54) is 12.1 Å². The first kappa shape index (κ1) is 13.8. The van der Waals surface area contributed by atoms with Crippen molar-refractivity contribution in [1.29, 1.82) is 0 Å². The average Bonchev–Trinajstić information content (AvgIpc) is 2.76. The molecule has 0 spiro atoms. The number of benzene rings is 1. The van der Waals surface area contributed by atoms with E-state index >= 15 is 0 Å². The van der Waals surface area contributed by atoms with E-state index in [4.69, 9.17) is 11.6 Å². The first-order valence-electron chi connectivity index (χ1n) is 7.09. The molecular formula is C15H18ClFN2O. The van der Waals surface area contributed by atoms with Crippen LogP contribution in [0.2, 0.25) is 5.02 Å². The van der Waals surface area contributed by atoms with Gasteiger partial charge < -0.3 is 10.2 Å². The summed E-state index contributed by atoms with van der Waals surface area (Å²) in [5, 5.41) is 3.68.